The molecule has 1 aromatic carbocycles. The SMILES string of the molecule is CC[C@@H](CO)NC(=O)c1ccc2c(c1)OCCCO2. The Hall–Kier alpha value is -1.75. The molecular weight excluding hydrogens is 246 g/mol. The molecule has 0 spiro atoms. The molecule has 0 saturated carbocycles. The molecule has 0 fully saturated rings. The first-order valence-electron chi connectivity index (χ1n) is 6.56. The minimum atomic E-state index is -0.219. The van der Waals surface area contributed by atoms with Gasteiger partial charge in [-0.05, 0) is 24.6 Å². The fourth-order valence-electron chi connectivity index (χ4n) is 1.85. The predicted molar refractivity (Wildman–Crippen MR) is 70.7 cm³/mol. The second kappa shape index (κ2) is 6.43. The number of aliphatic hydroxyl groups is 1. The minimum Gasteiger partial charge on any atom is -0.490 e. The monoisotopic (exact) mass is 265 g/mol. The van der Waals surface area contributed by atoms with E-state index in [-0.39, 0.29) is 18.6 Å². The zero-order chi connectivity index (χ0) is 13.7. The first-order valence-corrected chi connectivity index (χ1v) is 6.56. The second-order valence-corrected chi connectivity index (χ2v) is 4.47. The lowest BCUT2D eigenvalue weighted by molar-refractivity contribution is 0.0914. The quantitative estimate of drug-likeness (QED) is 0.862. The molecule has 19 heavy (non-hydrogen) atoms. The fraction of sp³-hybridized carbons (Fsp3) is 0.500. The van der Waals surface area contributed by atoms with Gasteiger partial charge in [0.2, 0.25) is 0 Å². The van der Waals surface area contributed by atoms with Crippen LogP contribution in [0.25, 0.3) is 0 Å². The largest absolute Gasteiger partial charge is 0.490 e. The number of rotatable bonds is 4. The molecular formula is C14H19NO4. The van der Waals surface area contributed by atoms with Crippen molar-refractivity contribution in [2.75, 3.05) is 19.8 Å². The first kappa shape index (κ1) is 13.7. The van der Waals surface area contributed by atoms with Crippen molar-refractivity contribution in [2.45, 2.75) is 25.8 Å². The van der Waals surface area contributed by atoms with E-state index in [0.717, 1.165) is 6.42 Å². The third-order valence-electron chi connectivity index (χ3n) is 3.06. The summed E-state index contributed by atoms with van der Waals surface area (Å²) >= 11 is 0. The van der Waals surface area contributed by atoms with Gasteiger partial charge in [0, 0.05) is 12.0 Å². The van der Waals surface area contributed by atoms with Crippen LogP contribution in [-0.2, 0) is 0 Å². The van der Waals surface area contributed by atoms with E-state index < -0.39 is 0 Å². The number of nitrogens with one attached hydrogen (secondary N) is 1. The van der Waals surface area contributed by atoms with E-state index in [2.05, 4.69) is 5.32 Å². The molecule has 1 aromatic rings. The maximum absolute atomic E-state index is 12.0. The molecule has 1 atom stereocenters. The van der Waals surface area contributed by atoms with Crippen LogP contribution in [0.4, 0.5) is 0 Å². The van der Waals surface area contributed by atoms with Crippen LogP contribution in [0.3, 0.4) is 0 Å². The van der Waals surface area contributed by atoms with Crippen molar-refractivity contribution in [1.29, 1.82) is 0 Å². The van der Waals surface area contributed by atoms with Gasteiger partial charge in [0.25, 0.3) is 5.91 Å². The topological polar surface area (TPSA) is 67.8 Å². The van der Waals surface area contributed by atoms with Gasteiger partial charge in [-0.15, -0.1) is 0 Å². The molecule has 1 heterocycles. The first-order chi connectivity index (χ1) is 9.24. The Kier molecular flexibility index (Phi) is 4.63. The maximum Gasteiger partial charge on any atom is 0.251 e. The van der Waals surface area contributed by atoms with Crippen molar-refractivity contribution in [3.8, 4) is 11.5 Å². The Balaban J connectivity index is 2.12. The number of carbonyl (C=O) groups excluding carboxylic acids is 1. The molecule has 0 aromatic heterocycles. The molecule has 0 radical (unpaired) electrons. The van der Waals surface area contributed by atoms with E-state index in [1.54, 1.807) is 18.2 Å². The fourth-order valence-corrected chi connectivity index (χ4v) is 1.85. The van der Waals surface area contributed by atoms with Gasteiger partial charge in [-0.1, -0.05) is 6.92 Å². The summed E-state index contributed by atoms with van der Waals surface area (Å²) < 4.78 is 11.1. The lowest BCUT2D eigenvalue weighted by Crippen LogP contribution is -2.36. The van der Waals surface area contributed by atoms with Gasteiger partial charge >= 0.3 is 0 Å². The molecule has 0 aliphatic carbocycles. The number of benzene rings is 1. The Morgan fingerprint density at radius 2 is 2.11 bits per heavy atom. The number of ether oxygens (including phenoxy) is 2. The van der Waals surface area contributed by atoms with Crippen molar-refractivity contribution in [1.82, 2.24) is 5.32 Å². The summed E-state index contributed by atoms with van der Waals surface area (Å²) in [6.45, 7) is 3.06. The summed E-state index contributed by atoms with van der Waals surface area (Å²) in [7, 11) is 0. The lowest BCUT2D eigenvalue weighted by atomic mass is 10.1. The zero-order valence-corrected chi connectivity index (χ0v) is 11.0. The van der Waals surface area contributed by atoms with E-state index in [4.69, 9.17) is 14.6 Å². The highest BCUT2D eigenvalue weighted by Crippen LogP contribution is 2.30. The summed E-state index contributed by atoms with van der Waals surface area (Å²) in [5.74, 6) is 1.06. The van der Waals surface area contributed by atoms with Crippen LogP contribution in [0.15, 0.2) is 18.2 Å². The Bertz CT molecular complexity index is 443. The van der Waals surface area contributed by atoms with Crippen molar-refractivity contribution in [3.63, 3.8) is 0 Å². The Labute approximate surface area is 112 Å². The Morgan fingerprint density at radius 3 is 2.79 bits per heavy atom. The number of amides is 1. The smallest absolute Gasteiger partial charge is 0.251 e. The van der Waals surface area contributed by atoms with E-state index in [9.17, 15) is 4.79 Å². The number of carbonyl (C=O) groups is 1. The van der Waals surface area contributed by atoms with Crippen LogP contribution in [0, 0.1) is 0 Å². The highest BCUT2D eigenvalue weighted by molar-refractivity contribution is 5.95. The van der Waals surface area contributed by atoms with Crippen LogP contribution >= 0.6 is 0 Å². The molecule has 5 heteroatoms. The third-order valence-corrected chi connectivity index (χ3v) is 3.06. The standard InChI is InChI=1S/C14H19NO4/c1-2-11(9-16)15-14(17)10-4-5-12-13(8-10)19-7-3-6-18-12/h4-5,8,11,16H,2-3,6-7,9H2,1H3,(H,15,17)/t11-/m0/s1. The molecule has 1 aliphatic rings. The molecule has 2 rings (SSSR count). The molecule has 0 bridgehead atoms. The maximum atomic E-state index is 12.0. The Morgan fingerprint density at radius 1 is 1.37 bits per heavy atom. The molecule has 2 N–H and O–H groups in total. The normalized spacial score (nSPS) is 15.5. The summed E-state index contributed by atoms with van der Waals surface area (Å²) in [5.41, 5.74) is 0.510. The summed E-state index contributed by atoms with van der Waals surface area (Å²) in [4.78, 5) is 12.0. The van der Waals surface area contributed by atoms with Crippen LogP contribution in [0.1, 0.15) is 30.1 Å². The van der Waals surface area contributed by atoms with Crippen molar-refractivity contribution in [3.05, 3.63) is 23.8 Å². The molecule has 104 valence electrons. The van der Waals surface area contributed by atoms with Crippen molar-refractivity contribution >= 4 is 5.91 Å². The number of aliphatic hydroxyl groups excluding tert-OH is 1. The van der Waals surface area contributed by atoms with Crippen molar-refractivity contribution < 1.29 is 19.4 Å². The van der Waals surface area contributed by atoms with Gasteiger partial charge in [-0.2, -0.15) is 0 Å². The van der Waals surface area contributed by atoms with Gasteiger partial charge in [-0.25, -0.2) is 0 Å². The third kappa shape index (κ3) is 3.38. The van der Waals surface area contributed by atoms with Crippen molar-refractivity contribution in [2.24, 2.45) is 0 Å². The average Bonchev–Trinajstić information content (AvgIpc) is 2.68. The number of hydrogen-bond donors (Lipinski definition) is 2. The summed E-state index contributed by atoms with van der Waals surface area (Å²) in [6, 6.07) is 4.91. The van der Waals surface area contributed by atoms with E-state index in [1.165, 1.54) is 0 Å². The van der Waals surface area contributed by atoms with Gasteiger partial charge in [0.15, 0.2) is 11.5 Å². The zero-order valence-electron chi connectivity index (χ0n) is 11.0. The van der Waals surface area contributed by atoms with Crippen LogP contribution in [0.5, 0.6) is 11.5 Å². The van der Waals surface area contributed by atoms with Crippen LogP contribution < -0.4 is 14.8 Å². The molecule has 1 amide bonds. The van der Waals surface area contributed by atoms with Gasteiger partial charge < -0.3 is 19.9 Å². The molecule has 5 nitrogen and oxygen atoms in total. The van der Waals surface area contributed by atoms with Crippen LogP contribution in [0.2, 0.25) is 0 Å². The highest BCUT2D eigenvalue weighted by atomic mass is 16.5. The number of fused-ring (bicyclic) bond motifs is 1. The van der Waals surface area contributed by atoms with Crippen LogP contribution in [-0.4, -0.2) is 36.9 Å². The van der Waals surface area contributed by atoms with E-state index >= 15 is 0 Å². The van der Waals surface area contributed by atoms with Gasteiger partial charge in [0.1, 0.15) is 0 Å². The molecule has 0 saturated heterocycles. The molecule has 1 aliphatic heterocycles. The van der Waals surface area contributed by atoms with E-state index in [0.29, 0.717) is 36.7 Å². The minimum absolute atomic E-state index is 0.0627. The predicted octanol–water partition coefficient (Wildman–Crippen LogP) is 1.35. The van der Waals surface area contributed by atoms with Gasteiger partial charge in [-0.3, -0.25) is 4.79 Å². The highest BCUT2D eigenvalue weighted by Gasteiger charge is 2.15. The molecule has 0 unspecified atom stereocenters. The summed E-state index contributed by atoms with van der Waals surface area (Å²) in [5, 5.41) is 11.9. The second-order valence-electron chi connectivity index (χ2n) is 4.47. The summed E-state index contributed by atoms with van der Waals surface area (Å²) in [6.07, 6.45) is 1.52. The van der Waals surface area contributed by atoms with Gasteiger partial charge in [0.05, 0.1) is 25.9 Å². The number of hydrogen-bond acceptors (Lipinski definition) is 4. The van der Waals surface area contributed by atoms with E-state index in [1.807, 2.05) is 6.92 Å². The lowest BCUT2D eigenvalue weighted by Gasteiger charge is -2.15. The average molecular weight is 265 g/mol.